The van der Waals surface area contributed by atoms with Gasteiger partial charge in [0.2, 0.25) is 11.8 Å². The number of carbonyl (C=O) groups is 2. The topological polar surface area (TPSA) is 73.5 Å². The van der Waals surface area contributed by atoms with Crippen molar-refractivity contribution >= 4 is 23.2 Å². The smallest absolute Gasteiger partial charge is 0.232 e. The van der Waals surface area contributed by atoms with Gasteiger partial charge in [0, 0.05) is 30.9 Å². The third-order valence-corrected chi connectivity index (χ3v) is 5.70. The Morgan fingerprint density at radius 1 is 1.15 bits per heavy atom. The summed E-state index contributed by atoms with van der Waals surface area (Å²) >= 11 is 0. The van der Waals surface area contributed by atoms with Crippen LogP contribution >= 0.6 is 0 Å². The van der Waals surface area contributed by atoms with E-state index in [1.165, 1.54) is 6.42 Å². The lowest BCUT2D eigenvalue weighted by Gasteiger charge is -2.37. The maximum atomic E-state index is 13.0. The Bertz CT molecular complexity index is 644. The first kappa shape index (κ1) is 18.9. The summed E-state index contributed by atoms with van der Waals surface area (Å²) in [6.07, 6.45) is 4.92. The fourth-order valence-electron chi connectivity index (χ4n) is 4.13. The summed E-state index contributed by atoms with van der Waals surface area (Å²) in [5.74, 6) is 0.581. The van der Waals surface area contributed by atoms with Crippen LogP contribution in [0.2, 0.25) is 0 Å². The van der Waals surface area contributed by atoms with Gasteiger partial charge in [0.15, 0.2) is 0 Å². The number of anilines is 2. The Morgan fingerprint density at radius 2 is 1.85 bits per heavy atom. The quantitative estimate of drug-likeness (QED) is 0.729. The molecule has 142 valence electrons. The van der Waals surface area contributed by atoms with Crippen molar-refractivity contribution in [3.8, 4) is 0 Å². The van der Waals surface area contributed by atoms with E-state index in [-0.39, 0.29) is 17.2 Å². The van der Waals surface area contributed by atoms with Crippen LogP contribution in [0.3, 0.4) is 0 Å². The number of fused-ring (bicyclic) bond motifs is 1. The fraction of sp³-hybridized carbons (Fsp3) is 0.600. The van der Waals surface area contributed by atoms with Gasteiger partial charge < -0.3 is 20.9 Å². The number of hydrogen-bond donors (Lipinski definition) is 3. The third-order valence-electron chi connectivity index (χ3n) is 5.70. The summed E-state index contributed by atoms with van der Waals surface area (Å²) in [5, 5.41) is 9.40. The molecule has 2 atom stereocenters. The summed E-state index contributed by atoms with van der Waals surface area (Å²) in [6, 6.07) is 7.39. The molecule has 1 aliphatic heterocycles. The predicted octanol–water partition coefficient (Wildman–Crippen LogP) is 2.30. The Hall–Kier alpha value is -1.92. The van der Waals surface area contributed by atoms with Crippen molar-refractivity contribution in [1.29, 1.82) is 0 Å². The Labute approximate surface area is 155 Å². The van der Waals surface area contributed by atoms with Crippen molar-refractivity contribution in [1.82, 2.24) is 10.2 Å². The van der Waals surface area contributed by atoms with Gasteiger partial charge in [0.05, 0.1) is 5.41 Å². The summed E-state index contributed by atoms with van der Waals surface area (Å²) in [5.41, 5.74) is 1.28. The second-order valence-corrected chi connectivity index (χ2v) is 7.86. The zero-order valence-corrected chi connectivity index (χ0v) is 15.8. The van der Waals surface area contributed by atoms with Crippen LogP contribution in [0.25, 0.3) is 0 Å². The number of amides is 2. The molecule has 1 aromatic carbocycles. The minimum absolute atomic E-state index is 0.00329. The molecule has 3 rings (SSSR count). The highest BCUT2D eigenvalue weighted by Crippen LogP contribution is 2.44. The van der Waals surface area contributed by atoms with Crippen LogP contribution in [-0.2, 0) is 9.59 Å². The van der Waals surface area contributed by atoms with E-state index in [1.54, 1.807) is 0 Å². The average Bonchev–Trinajstić information content (AvgIpc) is 3.07. The van der Waals surface area contributed by atoms with E-state index in [2.05, 4.69) is 16.0 Å². The van der Waals surface area contributed by atoms with Crippen molar-refractivity contribution in [2.75, 3.05) is 44.4 Å². The number of benzene rings is 1. The first-order valence-corrected chi connectivity index (χ1v) is 9.56. The lowest BCUT2D eigenvalue weighted by molar-refractivity contribution is -0.128. The molecule has 2 fully saturated rings. The van der Waals surface area contributed by atoms with Crippen molar-refractivity contribution < 1.29 is 9.59 Å². The van der Waals surface area contributed by atoms with Crippen molar-refractivity contribution in [2.24, 2.45) is 11.3 Å². The maximum absolute atomic E-state index is 13.0. The summed E-state index contributed by atoms with van der Waals surface area (Å²) in [7, 11) is 3.89. The molecule has 0 aromatic heterocycles. The predicted molar refractivity (Wildman–Crippen MR) is 104 cm³/mol. The largest absolute Gasteiger partial charge is 0.326 e. The standard InChI is InChI=1S/C20H30N4O2/c1-24(2)12-10-18(25)22-16-6-8-17(9-7-16)23-19(26)20-11-4-3-5-15(20)13-21-14-20/h6-9,15,21H,3-5,10-14H2,1-2H3,(H,22,25)(H,23,26)/t15-,20+/m0/s1. The molecule has 6 nitrogen and oxygen atoms in total. The number of nitrogens with zero attached hydrogens (tertiary/aromatic N) is 1. The monoisotopic (exact) mass is 358 g/mol. The van der Waals surface area contributed by atoms with Gasteiger partial charge in [-0.2, -0.15) is 0 Å². The van der Waals surface area contributed by atoms with E-state index < -0.39 is 0 Å². The highest BCUT2D eigenvalue weighted by Gasteiger charge is 2.49. The van der Waals surface area contributed by atoms with Crippen LogP contribution < -0.4 is 16.0 Å². The minimum Gasteiger partial charge on any atom is -0.326 e. The molecule has 2 aliphatic rings. The molecule has 0 spiro atoms. The second-order valence-electron chi connectivity index (χ2n) is 7.86. The van der Waals surface area contributed by atoms with E-state index in [0.29, 0.717) is 12.3 Å². The van der Waals surface area contributed by atoms with E-state index in [0.717, 1.165) is 50.3 Å². The van der Waals surface area contributed by atoms with Crippen LogP contribution in [0, 0.1) is 11.3 Å². The first-order valence-electron chi connectivity index (χ1n) is 9.56. The molecule has 3 N–H and O–H groups in total. The van der Waals surface area contributed by atoms with Gasteiger partial charge in [-0.15, -0.1) is 0 Å². The SMILES string of the molecule is CN(C)CCC(=O)Nc1ccc(NC(=O)[C@@]23CCCC[C@H]2CNC3)cc1. The molecular weight excluding hydrogens is 328 g/mol. The van der Waals surface area contributed by atoms with Crippen LogP contribution in [0.4, 0.5) is 11.4 Å². The van der Waals surface area contributed by atoms with E-state index >= 15 is 0 Å². The van der Waals surface area contributed by atoms with Crippen LogP contribution in [0.5, 0.6) is 0 Å². The number of hydrogen-bond acceptors (Lipinski definition) is 4. The normalized spacial score (nSPS) is 25.0. The molecule has 0 radical (unpaired) electrons. The number of carbonyl (C=O) groups excluding carboxylic acids is 2. The highest BCUT2D eigenvalue weighted by atomic mass is 16.2. The van der Waals surface area contributed by atoms with Gasteiger partial charge >= 0.3 is 0 Å². The van der Waals surface area contributed by atoms with Crippen LogP contribution in [0.15, 0.2) is 24.3 Å². The lowest BCUT2D eigenvalue weighted by atomic mass is 9.67. The molecule has 1 aliphatic carbocycles. The molecule has 0 unspecified atom stereocenters. The minimum atomic E-state index is -0.253. The van der Waals surface area contributed by atoms with E-state index in [1.807, 2.05) is 43.3 Å². The van der Waals surface area contributed by atoms with Gasteiger partial charge in [0.1, 0.15) is 0 Å². The van der Waals surface area contributed by atoms with Gasteiger partial charge in [-0.1, -0.05) is 12.8 Å². The van der Waals surface area contributed by atoms with E-state index in [4.69, 9.17) is 0 Å². The summed E-state index contributed by atoms with van der Waals surface area (Å²) < 4.78 is 0. The van der Waals surface area contributed by atoms with Gasteiger partial charge in [0.25, 0.3) is 0 Å². The molecule has 26 heavy (non-hydrogen) atoms. The van der Waals surface area contributed by atoms with E-state index in [9.17, 15) is 9.59 Å². The van der Waals surface area contributed by atoms with Crippen LogP contribution in [-0.4, -0.2) is 50.4 Å². The highest BCUT2D eigenvalue weighted by molar-refractivity contribution is 5.96. The first-order chi connectivity index (χ1) is 12.5. The maximum Gasteiger partial charge on any atom is 0.232 e. The molecule has 2 amide bonds. The van der Waals surface area contributed by atoms with Crippen molar-refractivity contribution in [3.63, 3.8) is 0 Å². The molecule has 6 heteroatoms. The van der Waals surface area contributed by atoms with Crippen molar-refractivity contribution in [2.45, 2.75) is 32.1 Å². The summed E-state index contributed by atoms with van der Waals surface area (Å²) in [6.45, 7) is 2.45. The summed E-state index contributed by atoms with van der Waals surface area (Å²) in [4.78, 5) is 26.8. The average molecular weight is 358 g/mol. The Kier molecular flexibility index (Phi) is 5.94. The number of nitrogens with one attached hydrogen (secondary N) is 3. The zero-order valence-electron chi connectivity index (χ0n) is 15.8. The zero-order chi connectivity index (χ0) is 18.6. The van der Waals surface area contributed by atoms with Gasteiger partial charge in [-0.25, -0.2) is 0 Å². The molecular formula is C20H30N4O2. The van der Waals surface area contributed by atoms with Gasteiger partial charge in [-0.05, 0) is 63.7 Å². The van der Waals surface area contributed by atoms with Crippen LogP contribution in [0.1, 0.15) is 32.1 Å². The molecule has 1 aromatic rings. The molecule has 0 bridgehead atoms. The molecule has 1 heterocycles. The molecule has 1 saturated heterocycles. The Morgan fingerprint density at radius 3 is 2.54 bits per heavy atom. The fourth-order valence-corrected chi connectivity index (χ4v) is 4.13. The second kappa shape index (κ2) is 8.18. The van der Waals surface area contributed by atoms with Gasteiger partial charge in [-0.3, -0.25) is 9.59 Å². The third kappa shape index (κ3) is 4.24. The van der Waals surface area contributed by atoms with Crippen molar-refractivity contribution in [3.05, 3.63) is 24.3 Å². The lowest BCUT2D eigenvalue weighted by Crippen LogP contribution is -2.44. The Balaban J connectivity index is 1.57. The number of rotatable bonds is 6. The molecule has 1 saturated carbocycles.